The largest absolute Gasteiger partial charge is 0.491 e. The number of rotatable bonds is 11. The molecule has 4 nitrogen and oxygen atoms in total. The Kier molecular flexibility index (Phi) is 10.1. The van der Waals surface area contributed by atoms with Crippen LogP contribution in [0.15, 0.2) is 24.3 Å². The van der Waals surface area contributed by atoms with E-state index in [4.69, 9.17) is 9.47 Å². The Morgan fingerprint density at radius 1 is 1.22 bits per heavy atom. The third-order valence-electron chi connectivity index (χ3n) is 3.71. The van der Waals surface area contributed by atoms with E-state index in [-0.39, 0.29) is 24.0 Å². The fourth-order valence-corrected chi connectivity index (χ4v) is 2.10. The van der Waals surface area contributed by atoms with Crippen LogP contribution >= 0.6 is 24.0 Å². The van der Waals surface area contributed by atoms with Crippen LogP contribution in [0.3, 0.4) is 0 Å². The summed E-state index contributed by atoms with van der Waals surface area (Å²) in [6.45, 7) is 6.68. The van der Waals surface area contributed by atoms with Gasteiger partial charge in [0, 0.05) is 19.2 Å². The van der Waals surface area contributed by atoms with Gasteiger partial charge in [-0.1, -0.05) is 26.0 Å². The molecular formula is C18H30INO3. The summed E-state index contributed by atoms with van der Waals surface area (Å²) in [5.74, 6) is 1.62. The SMILES string of the molecule is CC(C)NCC(O)COc1ccc(CCOCC2CC2)cc1.I. The summed E-state index contributed by atoms with van der Waals surface area (Å²) in [5.41, 5.74) is 1.25. The van der Waals surface area contributed by atoms with Crippen LogP contribution in [0.25, 0.3) is 0 Å². The van der Waals surface area contributed by atoms with Gasteiger partial charge >= 0.3 is 0 Å². The van der Waals surface area contributed by atoms with Gasteiger partial charge in [-0.3, -0.25) is 0 Å². The van der Waals surface area contributed by atoms with Crippen molar-refractivity contribution in [3.63, 3.8) is 0 Å². The average Bonchev–Trinajstić information content (AvgIpc) is 3.33. The van der Waals surface area contributed by atoms with E-state index in [0.717, 1.165) is 31.3 Å². The molecule has 1 aromatic rings. The van der Waals surface area contributed by atoms with Gasteiger partial charge in [-0.25, -0.2) is 0 Å². The third-order valence-corrected chi connectivity index (χ3v) is 3.71. The number of hydrogen-bond acceptors (Lipinski definition) is 4. The topological polar surface area (TPSA) is 50.7 Å². The van der Waals surface area contributed by atoms with Gasteiger partial charge in [0.15, 0.2) is 0 Å². The summed E-state index contributed by atoms with van der Waals surface area (Å²) in [6, 6.07) is 8.41. The van der Waals surface area contributed by atoms with E-state index in [1.165, 1.54) is 18.4 Å². The van der Waals surface area contributed by atoms with Crippen LogP contribution in [0, 0.1) is 5.92 Å². The first-order chi connectivity index (χ1) is 10.6. The monoisotopic (exact) mass is 435 g/mol. The van der Waals surface area contributed by atoms with Crippen molar-refractivity contribution in [2.24, 2.45) is 5.92 Å². The van der Waals surface area contributed by atoms with Crippen LogP contribution in [0.1, 0.15) is 32.3 Å². The van der Waals surface area contributed by atoms with Crippen LogP contribution in [0.2, 0.25) is 0 Å². The molecule has 5 heteroatoms. The van der Waals surface area contributed by atoms with Gasteiger partial charge in [0.1, 0.15) is 18.5 Å². The molecule has 1 saturated carbocycles. The predicted octanol–water partition coefficient (Wildman–Crippen LogP) is 3.01. The van der Waals surface area contributed by atoms with E-state index in [9.17, 15) is 5.11 Å². The van der Waals surface area contributed by atoms with Gasteiger partial charge in [-0.2, -0.15) is 0 Å². The predicted molar refractivity (Wildman–Crippen MR) is 104 cm³/mol. The van der Waals surface area contributed by atoms with Crippen molar-refractivity contribution in [3.8, 4) is 5.75 Å². The molecule has 2 N–H and O–H groups in total. The lowest BCUT2D eigenvalue weighted by atomic mass is 10.1. The molecule has 1 fully saturated rings. The van der Waals surface area contributed by atoms with Crippen molar-refractivity contribution in [3.05, 3.63) is 29.8 Å². The minimum Gasteiger partial charge on any atom is -0.491 e. The Hall–Kier alpha value is -0.370. The van der Waals surface area contributed by atoms with E-state index in [1.54, 1.807) is 0 Å². The molecule has 1 aliphatic rings. The Labute approximate surface area is 157 Å². The molecule has 0 aliphatic heterocycles. The highest BCUT2D eigenvalue weighted by Gasteiger charge is 2.20. The first-order valence-electron chi connectivity index (χ1n) is 8.34. The fourth-order valence-electron chi connectivity index (χ4n) is 2.10. The van der Waals surface area contributed by atoms with Crippen molar-refractivity contribution >= 4 is 24.0 Å². The second kappa shape index (κ2) is 11.2. The molecule has 23 heavy (non-hydrogen) atoms. The normalized spacial score (nSPS) is 15.3. The molecule has 0 heterocycles. The molecule has 0 saturated heterocycles. The summed E-state index contributed by atoms with van der Waals surface area (Å²) in [6.07, 6.45) is 3.13. The van der Waals surface area contributed by atoms with E-state index in [2.05, 4.69) is 31.3 Å². The minimum absolute atomic E-state index is 0. The molecule has 0 radical (unpaired) electrons. The summed E-state index contributed by atoms with van der Waals surface area (Å²) in [5, 5.41) is 13.0. The second-order valence-corrected chi connectivity index (χ2v) is 6.44. The number of halogens is 1. The van der Waals surface area contributed by atoms with Gasteiger partial charge in [0.2, 0.25) is 0 Å². The molecule has 132 valence electrons. The zero-order valence-corrected chi connectivity index (χ0v) is 16.5. The standard InChI is InChI=1S/C18H29NO3.HI/c1-14(2)19-11-17(20)13-22-18-7-5-15(6-8-18)9-10-21-12-16-3-4-16;/h5-8,14,16-17,19-20H,3-4,9-13H2,1-2H3;1H. The first kappa shape index (κ1) is 20.7. The number of hydrogen-bond donors (Lipinski definition) is 2. The Bertz CT molecular complexity index is 421. The Balaban J connectivity index is 0.00000264. The van der Waals surface area contributed by atoms with E-state index >= 15 is 0 Å². The van der Waals surface area contributed by atoms with Crippen molar-refractivity contribution < 1.29 is 14.6 Å². The maximum Gasteiger partial charge on any atom is 0.119 e. The summed E-state index contributed by atoms with van der Waals surface area (Å²) >= 11 is 0. The number of ether oxygens (including phenoxy) is 2. The van der Waals surface area contributed by atoms with Gasteiger partial charge in [0.05, 0.1) is 6.61 Å². The average molecular weight is 435 g/mol. The van der Waals surface area contributed by atoms with Gasteiger partial charge in [-0.05, 0) is 42.9 Å². The fraction of sp³-hybridized carbons (Fsp3) is 0.667. The van der Waals surface area contributed by atoms with Crippen molar-refractivity contribution in [1.29, 1.82) is 0 Å². The Morgan fingerprint density at radius 2 is 1.91 bits per heavy atom. The number of aliphatic hydroxyl groups is 1. The van der Waals surface area contributed by atoms with Gasteiger partial charge in [0.25, 0.3) is 0 Å². The molecule has 1 unspecified atom stereocenters. The zero-order valence-electron chi connectivity index (χ0n) is 14.2. The zero-order chi connectivity index (χ0) is 15.8. The van der Waals surface area contributed by atoms with Crippen LogP contribution in [0.4, 0.5) is 0 Å². The quantitative estimate of drug-likeness (QED) is 0.415. The van der Waals surface area contributed by atoms with Crippen LogP contribution in [-0.2, 0) is 11.2 Å². The molecule has 1 aliphatic carbocycles. The van der Waals surface area contributed by atoms with Crippen LogP contribution in [-0.4, -0.2) is 43.6 Å². The lowest BCUT2D eigenvalue weighted by Gasteiger charge is -2.15. The molecule has 0 aromatic heterocycles. The lowest BCUT2D eigenvalue weighted by Crippen LogP contribution is -2.35. The number of benzene rings is 1. The third kappa shape index (κ3) is 9.49. The van der Waals surface area contributed by atoms with Crippen molar-refractivity contribution in [2.45, 2.75) is 45.3 Å². The maximum atomic E-state index is 9.80. The van der Waals surface area contributed by atoms with Gasteiger partial charge in [-0.15, -0.1) is 24.0 Å². The summed E-state index contributed by atoms with van der Waals surface area (Å²) in [7, 11) is 0. The molecule has 2 rings (SSSR count). The summed E-state index contributed by atoms with van der Waals surface area (Å²) in [4.78, 5) is 0. The molecule has 0 bridgehead atoms. The van der Waals surface area contributed by atoms with Crippen LogP contribution in [0.5, 0.6) is 5.75 Å². The van der Waals surface area contributed by atoms with E-state index in [0.29, 0.717) is 19.2 Å². The van der Waals surface area contributed by atoms with E-state index in [1.807, 2.05) is 12.1 Å². The molecule has 1 aromatic carbocycles. The second-order valence-electron chi connectivity index (χ2n) is 6.44. The Morgan fingerprint density at radius 3 is 2.52 bits per heavy atom. The number of nitrogens with one attached hydrogen (secondary N) is 1. The molecule has 1 atom stereocenters. The molecule has 0 amide bonds. The smallest absolute Gasteiger partial charge is 0.119 e. The lowest BCUT2D eigenvalue weighted by molar-refractivity contribution is 0.104. The van der Waals surface area contributed by atoms with Crippen molar-refractivity contribution in [2.75, 3.05) is 26.4 Å². The highest BCUT2D eigenvalue weighted by molar-refractivity contribution is 14.0. The molecular weight excluding hydrogens is 405 g/mol. The first-order valence-corrected chi connectivity index (χ1v) is 8.34. The highest BCUT2D eigenvalue weighted by Crippen LogP contribution is 2.28. The van der Waals surface area contributed by atoms with E-state index < -0.39 is 6.10 Å². The van der Waals surface area contributed by atoms with Crippen LogP contribution < -0.4 is 10.1 Å². The minimum atomic E-state index is -0.488. The van der Waals surface area contributed by atoms with Crippen molar-refractivity contribution in [1.82, 2.24) is 5.32 Å². The van der Waals surface area contributed by atoms with Gasteiger partial charge < -0.3 is 19.9 Å². The maximum absolute atomic E-state index is 9.80. The highest BCUT2D eigenvalue weighted by atomic mass is 127. The number of aliphatic hydroxyl groups excluding tert-OH is 1. The molecule has 0 spiro atoms. The summed E-state index contributed by atoms with van der Waals surface area (Å²) < 4.78 is 11.2.